The van der Waals surface area contributed by atoms with Crippen LogP contribution >= 0.6 is 0 Å². The minimum absolute atomic E-state index is 0.178. The van der Waals surface area contributed by atoms with E-state index in [1.807, 2.05) is 0 Å². The van der Waals surface area contributed by atoms with Crippen LogP contribution in [0.1, 0.15) is 18.4 Å². The van der Waals surface area contributed by atoms with Crippen molar-refractivity contribution in [2.45, 2.75) is 18.6 Å². The van der Waals surface area contributed by atoms with Crippen LogP contribution < -0.4 is 5.73 Å². The summed E-state index contributed by atoms with van der Waals surface area (Å²) in [6.45, 7) is 0.442. The standard InChI is InChI=1S/C12H17F2NO2/c1-16-12(17-2,6-3-7-15)10-5-4-9(13)8-11(10)14/h4-5,8H,3,6-7,15H2,1-2H3. The molecule has 0 radical (unpaired) electrons. The smallest absolute Gasteiger partial charge is 0.197 e. The van der Waals surface area contributed by atoms with Gasteiger partial charge in [-0.05, 0) is 25.1 Å². The Kier molecular flexibility index (Phi) is 4.99. The van der Waals surface area contributed by atoms with Gasteiger partial charge in [0.05, 0.1) is 0 Å². The minimum Gasteiger partial charge on any atom is -0.349 e. The van der Waals surface area contributed by atoms with Crippen molar-refractivity contribution in [2.75, 3.05) is 20.8 Å². The number of methoxy groups -OCH3 is 2. The van der Waals surface area contributed by atoms with Crippen molar-refractivity contribution in [3.63, 3.8) is 0 Å². The summed E-state index contributed by atoms with van der Waals surface area (Å²) in [6.07, 6.45) is 1.01. The molecule has 0 aromatic heterocycles. The summed E-state index contributed by atoms with van der Waals surface area (Å²) in [6, 6.07) is 3.31. The Bertz CT molecular complexity index is 368. The van der Waals surface area contributed by atoms with Crippen LogP contribution in [0.2, 0.25) is 0 Å². The van der Waals surface area contributed by atoms with E-state index in [9.17, 15) is 8.78 Å². The van der Waals surface area contributed by atoms with E-state index in [-0.39, 0.29) is 5.56 Å². The van der Waals surface area contributed by atoms with Crippen molar-refractivity contribution in [1.82, 2.24) is 0 Å². The van der Waals surface area contributed by atoms with E-state index in [1.54, 1.807) is 0 Å². The molecule has 0 spiro atoms. The van der Waals surface area contributed by atoms with Crippen LogP contribution in [0.3, 0.4) is 0 Å². The number of halogens is 2. The molecule has 17 heavy (non-hydrogen) atoms. The van der Waals surface area contributed by atoms with Gasteiger partial charge in [0, 0.05) is 32.3 Å². The number of ether oxygens (including phenoxy) is 2. The zero-order chi connectivity index (χ0) is 12.9. The van der Waals surface area contributed by atoms with Crippen LogP contribution in [0.15, 0.2) is 18.2 Å². The molecule has 2 N–H and O–H groups in total. The molecule has 0 aliphatic carbocycles. The maximum absolute atomic E-state index is 13.7. The lowest BCUT2D eigenvalue weighted by molar-refractivity contribution is -0.222. The molecule has 0 amide bonds. The summed E-state index contributed by atoms with van der Waals surface area (Å²) in [5.74, 6) is -2.53. The first-order valence-electron chi connectivity index (χ1n) is 5.35. The predicted molar refractivity (Wildman–Crippen MR) is 60.3 cm³/mol. The molecule has 0 atom stereocenters. The lowest BCUT2D eigenvalue weighted by Crippen LogP contribution is -2.32. The van der Waals surface area contributed by atoms with Gasteiger partial charge in [-0.25, -0.2) is 8.78 Å². The summed E-state index contributed by atoms with van der Waals surface area (Å²) < 4.78 is 37.1. The van der Waals surface area contributed by atoms with E-state index in [1.165, 1.54) is 26.4 Å². The second kappa shape index (κ2) is 6.05. The summed E-state index contributed by atoms with van der Waals surface area (Å²) in [5.41, 5.74) is 5.60. The fourth-order valence-corrected chi connectivity index (χ4v) is 1.78. The molecular formula is C12H17F2NO2. The highest BCUT2D eigenvalue weighted by atomic mass is 19.1. The first-order valence-corrected chi connectivity index (χ1v) is 5.35. The molecule has 0 heterocycles. The first kappa shape index (κ1) is 14.0. The van der Waals surface area contributed by atoms with Crippen LogP contribution in [-0.2, 0) is 15.3 Å². The van der Waals surface area contributed by atoms with Gasteiger partial charge >= 0.3 is 0 Å². The van der Waals surface area contributed by atoms with Gasteiger partial charge in [-0.2, -0.15) is 0 Å². The number of rotatable bonds is 6. The predicted octanol–water partition coefficient (Wildman–Crippen LogP) is 2.15. The van der Waals surface area contributed by atoms with Crippen molar-refractivity contribution in [3.8, 4) is 0 Å². The average Bonchev–Trinajstić information content (AvgIpc) is 2.32. The highest BCUT2D eigenvalue weighted by Crippen LogP contribution is 2.33. The second-order valence-electron chi connectivity index (χ2n) is 3.68. The molecule has 1 aromatic carbocycles. The van der Waals surface area contributed by atoms with Gasteiger partial charge in [-0.3, -0.25) is 0 Å². The first-order chi connectivity index (χ1) is 8.09. The van der Waals surface area contributed by atoms with Crippen molar-refractivity contribution in [1.29, 1.82) is 0 Å². The van der Waals surface area contributed by atoms with Gasteiger partial charge in [-0.15, -0.1) is 0 Å². The van der Waals surface area contributed by atoms with Gasteiger partial charge in [0.25, 0.3) is 0 Å². The number of hydrogen-bond donors (Lipinski definition) is 1. The van der Waals surface area contributed by atoms with E-state index >= 15 is 0 Å². The Morgan fingerprint density at radius 1 is 1.24 bits per heavy atom. The van der Waals surface area contributed by atoms with E-state index in [0.717, 1.165) is 6.07 Å². The fourth-order valence-electron chi connectivity index (χ4n) is 1.78. The van der Waals surface area contributed by atoms with Crippen LogP contribution in [0.25, 0.3) is 0 Å². The Morgan fingerprint density at radius 2 is 1.88 bits per heavy atom. The Morgan fingerprint density at radius 3 is 2.35 bits per heavy atom. The molecule has 0 saturated heterocycles. The zero-order valence-electron chi connectivity index (χ0n) is 10.0. The van der Waals surface area contributed by atoms with Gasteiger partial charge in [0.2, 0.25) is 0 Å². The molecule has 1 rings (SSSR count). The molecule has 0 bridgehead atoms. The van der Waals surface area contributed by atoms with Gasteiger partial charge in [0.15, 0.2) is 5.79 Å². The molecule has 0 aliphatic heterocycles. The SMILES string of the molecule is COC(CCCN)(OC)c1ccc(F)cc1F. The lowest BCUT2D eigenvalue weighted by Gasteiger charge is -2.31. The third-order valence-corrected chi connectivity index (χ3v) is 2.71. The molecule has 1 aromatic rings. The van der Waals surface area contributed by atoms with Crippen LogP contribution in [0.5, 0.6) is 0 Å². The molecule has 0 saturated carbocycles. The number of nitrogens with two attached hydrogens (primary N) is 1. The van der Waals surface area contributed by atoms with Crippen LogP contribution in [0, 0.1) is 11.6 Å². The van der Waals surface area contributed by atoms with Gasteiger partial charge in [0.1, 0.15) is 11.6 Å². The van der Waals surface area contributed by atoms with E-state index in [2.05, 4.69) is 0 Å². The van der Waals surface area contributed by atoms with Crippen molar-refractivity contribution >= 4 is 0 Å². The van der Waals surface area contributed by atoms with E-state index in [4.69, 9.17) is 15.2 Å². The normalized spacial score (nSPS) is 11.8. The number of hydrogen-bond acceptors (Lipinski definition) is 3. The fraction of sp³-hybridized carbons (Fsp3) is 0.500. The summed E-state index contributed by atoms with van der Waals surface area (Å²) in [7, 11) is 2.84. The molecule has 96 valence electrons. The third kappa shape index (κ3) is 3.00. The number of benzene rings is 1. The topological polar surface area (TPSA) is 44.5 Å². The molecular weight excluding hydrogens is 228 g/mol. The highest BCUT2D eigenvalue weighted by Gasteiger charge is 2.34. The second-order valence-corrected chi connectivity index (χ2v) is 3.68. The van der Waals surface area contributed by atoms with E-state index in [0.29, 0.717) is 19.4 Å². The van der Waals surface area contributed by atoms with Gasteiger partial charge < -0.3 is 15.2 Å². The van der Waals surface area contributed by atoms with Crippen molar-refractivity contribution in [3.05, 3.63) is 35.4 Å². The monoisotopic (exact) mass is 245 g/mol. The Labute approximate surface area is 99.5 Å². The highest BCUT2D eigenvalue weighted by molar-refractivity contribution is 5.23. The molecule has 0 unspecified atom stereocenters. The minimum atomic E-state index is -1.21. The Balaban J connectivity index is 3.11. The lowest BCUT2D eigenvalue weighted by atomic mass is 9.99. The van der Waals surface area contributed by atoms with E-state index < -0.39 is 17.4 Å². The summed E-state index contributed by atoms with van der Waals surface area (Å²) >= 11 is 0. The van der Waals surface area contributed by atoms with Crippen LogP contribution in [0.4, 0.5) is 8.78 Å². The summed E-state index contributed by atoms with van der Waals surface area (Å²) in [4.78, 5) is 0. The van der Waals surface area contributed by atoms with Gasteiger partial charge in [-0.1, -0.05) is 0 Å². The molecule has 0 fully saturated rings. The third-order valence-electron chi connectivity index (χ3n) is 2.71. The Hall–Kier alpha value is -1.04. The molecule has 5 heteroatoms. The van der Waals surface area contributed by atoms with Crippen LogP contribution in [-0.4, -0.2) is 20.8 Å². The maximum Gasteiger partial charge on any atom is 0.197 e. The quantitative estimate of drug-likeness (QED) is 0.781. The molecule has 3 nitrogen and oxygen atoms in total. The average molecular weight is 245 g/mol. The zero-order valence-corrected chi connectivity index (χ0v) is 10.0. The maximum atomic E-state index is 13.7. The van der Waals surface area contributed by atoms with Crippen molar-refractivity contribution < 1.29 is 18.3 Å². The largest absolute Gasteiger partial charge is 0.349 e. The van der Waals surface area contributed by atoms with Crippen molar-refractivity contribution in [2.24, 2.45) is 5.73 Å². The summed E-state index contributed by atoms with van der Waals surface area (Å²) in [5, 5.41) is 0. The molecule has 0 aliphatic rings.